The molecule has 5 nitrogen and oxygen atoms in total. The van der Waals surface area contributed by atoms with Crippen molar-refractivity contribution in [3.05, 3.63) is 24.0 Å². The Morgan fingerprint density at radius 1 is 1.47 bits per heavy atom. The van der Waals surface area contributed by atoms with E-state index < -0.39 is 0 Å². The Labute approximate surface area is 88.3 Å². The lowest BCUT2D eigenvalue weighted by Crippen LogP contribution is -2.07. The molecule has 2 N–H and O–H groups in total. The van der Waals surface area contributed by atoms with E-state index in [1.165, 1.54) is 6.33 Å². The molecule has 0 aliphatic rings. The summed E-state index contributed by atoms with van der Waals surface area (Å²) in [5, 5.41) is 4.19. The first-order chi connectivity index (χ1) is 7.24. The second-order valence-corrected chi connectivity index (χ2v) is 3.81. The average Bonchev–Trinajstić information content (AvgIpc) is 2.59. The molecule has 0 aliphatic carbocycles. The first kappa shape index (κ1) is 10.0. The lowest BCUT2D eigenvalue weighted by Gasteiger charge is -1.98. The molecule has 2 rings (SSSR count). The molecule has 80 valence electrons. The maximum Gasteiger partial charge on any atom is 0.136 e. The molecule has 0 unspecified atom stereocenters. The predicted molar refractivity (Wildman–Crippen MR) is 57.6 cm³/mol. The molecule has 2 aromatic heterocycles. The van der Waals surface area contributed by atoms with Crippen molar-refractivity contribution in [2.75, 3.05) is 6.54 Å². The Morgan fingerprint density at radius 3 is 2.93 bits per heavy atom. The van der Waals surface area contributed by atoms with E-state index in [-0.39, 0.29) is 0 Å². The third-order valence-electron chi connectivity index (χ3n) is 2.33. The van der Waals surface area contributed by atoms with Crippen LogP contribution in [0.4, 0.5) is 0 Å². The number of aromatic nitrogens is 4. The van der Waals surface area contributed by atoms with Crippen LogP contribution >= 0.6 is 0 Å². The second-order valence-electron chi connectivity index (χ2n) is 3.81. The SMILES string of the molecule is CC(C)c1nc(CCN)n2ncncc12. The molecule has 0 amide bonds. The van der Waals surface area contributed by atoms with Gasteiger partial charge in [-0.1, -0.05) is 13.8 Å². The normalized spacial score (nSPS) is 11.5. The fourth-order valence-electron chi connectivity index (χ4n) is 1.64. The van der Waals surface area contributed by atoms with Crippen LogP contribution in [0.5, 0.6) is 0 Å². The Hall–Kier alpha value is -1.49. The summed E-state index contributed by atoms with van der Waals surface area (Å²) in [4.78, 5) is 8.59. The summed E-state index contributed by atoms with van der Waals surface area (Å²) >= 11 is 0. The minimum absolute atomic E-state index is 0.373. The quantitative estimate of drug-likeness (QED) is 0.802. The van der Waals surface area contributed by atoms with E-state index in [1.807, 2.05) is 4.52 Å². The van der Waals surface area contributed by atoms with Crippen LogP contribution in [0.25, 0.3) is 5.52 Å². The summed E-state index contributed by atoms with van der Waals surface area (Å²) in [5.41, 5.74) is 7.56. The number of nitrogens with two attached hydrogens (primary N) is 1. The van der Waals surface area contributed by atoms with Gasteiger partial charge in [0.25, 0.3) is 0 Å². The maximum absolute atomic E-state index is 5.54. The smallest absolute Gasteiger partial charge is 0.136 e. The Morgan fingerprint density at radius 2 is 2.27 bits per heavy atom. The van der Waals surface area contributed by atoms with Crippen LogP contribution in [-0.2, 0) is 6.42 Å². The molecule has 0 bridgehead atoms. The van der Waals surface area contributed by atoms with Crippen molar-refractivity contribution in [3.8, 4) is 0 Å². The summed E-state index contributed by atoms with van der Waals surface area (Å²) in [5.74, 6) is 1.29. The molecule has 0 atom stereocenters. The van der Waals surface area contributed by atoms with Gasteiger partial charge in [0.05, 0.1) is 11.9 Å². The molecular weight excluding hydrogens is 190 g/mol. The Balaban J connectivity index is 2.62. The van der Waals surface area contributed by atoms with E-state index in [2.05, 4.69) is 28.9 Å². The third-order valence-corrected chi connectivity index (χ3v) is 2.33. The van der Waals surface area contributed by atoms with Crippen molar-refractivity contribution in [3.63, 3.8) is 0 Å². The lowest BCUT2D eigenvalue weighted by molar-refractivity contribution is 0.777. The van der Waals surface area contributed by atoms with Gasteiger partial charge < -0.3 is 5.73 Å². The highest BCUT2D eigenvalue weighted by atomic mass is 15.3. The number of rotatable bonds is 3. The van der Waals surface area contributed by atoms with E-state index >= 15 is 0 Å². The molecule has 5 heteroatoms. The van der Waals surface area contributed by atoms with Crippen molar-refractivity contribution in [2.45, 2.75) is 26.2 Å². The van der Waals surface area contributed by atoms with Gasteiger partial charge in [-0.05, 0) is 12.5 Å². The predicted octanol–water partition coefficient (Wildman–Crippen LogP) is 0.749. The van der Waals surface area contributed by atoms with Crippen molar-refractivity contribution in [2.24, 2.45) is 5.73 Å². The van der Waals surface area contributed by atoms with Crippen LogP contribution < -0.4 is 5.73 Å². The van der Waals surface area contributed by atoms with Gasteiger partial charge in [0.1, 0.15) is 17.7 Å². The zero-order valence-electron chi connectivity index (χ0n) is 9.01. The average molecular weight is 205 g/mol. The molecule has 0 aliphatic heterocycles. The number of hydrogen-bond donors (Lipinski definition) is 1. The van der Waals surface area contributed by atoms with Crippen LogP contribution in [0, 0.1) is 0 Å². The zero-order chi connectivity index (χ0) is 10.8. The lowest BCUT2D eigenvalue weighted by atomic mass is 10.1. The van der Waals surface area contributed by atoms with E-state index in [9.17, 15) is 0 Å². The molecule has 0 fully saturated rings. The van der Waals surface area contributed by atoms with E-state index in [4.69, 9.17) is 5.73 Å². The minimum atomic E-state index is 0.373. The first-order valence-electron chi connectivity index (χ1n) is 5.11. The highest BCUT2D eigenvalue weighted by Crippen LogP contribution is 2.19. The highest BCUT2D eigenvalue weighted by molar-refractivity contribution is 5.51. The molecule has 15 heavy (non-hydrogen) atoms. The van der Waals surface area contributed by atoms with Crippen LogP contribution in [0.1, 0.15) is 31.3 Å². The second kappa shape index (κ2) is 3.94. The fourth-order valence-corrected chi connectivity index (χ4v) is 1.64. The van der Waals surface area contributed by atoms with Gasteiger partial charge in [-0.2, -0.15) is 5.10 Å². The molecular formula is C10H15N5. The first-order valence-corrected chi connectivity index (χ1v) is 5.11. The fraction of sp³-hybridized carbons (Fsp3) is 0.500. The van der Waals surface area contributed by atoms with Crippen molar-refractivity contribution < 1.29 is 0 Å². The van der Waals surface area contributed by atoms with Gasteiger partial charge >= 0.3 is 0 Å². The number of fused-ring (bicyclic) bond motifs is 1. The number of hydrogen-bond acceptors (Lipinski definition) is 4. The van der Waals surface area contributed by atoms with Gasteiger partial charge in [0.2, 0.25) is 0 Å². The van der Waals surface area contributed by atoms with Gasteiger partial charge in [0.15, 0.2) is 0 Å². The van der Waals surface area contributed by atoms with E-state index in [1.54, 1.807) is 6.20 Å². The van der Waals surface area contributed by atoms with E-state index in [0.29, 0.717) is 12.5 Å². The summed E-state index contributed by atoms with van der Waals surface area (Å²) < 4.78 is 1.83. The third kappa shape index (κ3) is 1.70. The van der Waals surface area contributed by atoms with Crippen molar-refractivity contribution in [1.29, 1.82) is 0 Å². The summed E-state index contributed by atoms with van der Waals surface area (Å²) in [6, 6.07) is 0. The molecule has 2 heterocycles. The van der Waals surface area contributed by atoms with Crippen LogP contribution in [0.15, 0.2) is 12.5 Å². The molecule has 0 spiro atoms. The summed E-state index contributed by atoms with van der Waals surface area (Å²) in [6.07, 6.45) is 4.07. The van der Waals surface area contributed by atoms with Crippen LogP contribution in [-0.4, -0.2) is 26.1 Å². The monoisotopic (exact) mass is 205 g/mol. The molecule has 2 aromatic rings. The Kier molecular flexibility index (Phi) is 2.64. The number of imidazole rings is 1. The van der Waals surface area contributed by atoms with Crippen LogP contribution in [0.2, 0.25) is 0 Å². The maximum atomic E-state index is 5.54. The Bertz CT molecular complexity index is 460. The zero-order valence-corrected chi connectivity index (χ0v) is 9.01. The van der Waals surface area contributed by atoms with Gasteiger partial charge in [-0.15, -0.1) is 0 Å². The standard InChI is InChI=1S/C10H15N5/c1-7(2)10-8-5-12-6-13-15(8)9(14-10)3-4-11/h5-7H,3-4,11H2,1-2H3. The van der Waals surface area contributed by atoms with Gasteiger partial charge in [-0.3, -0.25) is 0 Å². The minimum Gasteiger partial charge on any atom is -0.330 e. The molecule has 0 aromatic carbocycles. The van der Waals surface area contributed by atoms with Crippen molar-refractivity contribution in [1.82, 2.24) is 19.6 Å². The summed E-state index contributed by atoms with van der Waals surface area (Å²) in [6.45, 7) is 4.81. The van der Waals surface area contributed by atoms with Crippen molar-refractivity contribution >= 4 is 5.52 Å². The molecule has 0 saturated heterocycles. The molecule has 0 radical (unpaired) electrons. The molecule has 0 saturated carbocycles. The van der Waals surface area contributed by atoms with Gasteiger partial charge in [-0.25, -0.2) is 14.5 Å². The van der Waals surface area contributed by atoms with Crippen LogP contribution in [0.3, 0.4) is 0 Å². The number of nitrogens with zero attached hydrogens (tertiary/aromatic N) is 4. The topological polar surface area (TPSA) is 69.1 Å². The largest absolute Gasteiger partial charge is 0.330 e. The highest BCUT2D eigenvalue weighted by Gasteiger charge is 2.13. The van der Waals surface area contributed by atoms with E-state index in [0.717, 1.165) is 23.5 Å². The summed E-state index contributed by atoms with van der Waals surface area (Å²) in [7, 11) is 0. The van der Waals surface area contributed by atoms with Gasteiger partial charge in [0, 0.05) is 6.42 Å².